The molecule has 2 aromatic rings. The van der Waals surface area contributed by atoms with Crippen molar-refractivity contribution >= 4 is 40.7 Å². The lowest BCUT2D eigenvalue weighted by Gasteiger charge is -2.42. The first kappa shape index (κ1) is 24.4. The Kier molecular flexibility index (Phi) is 5.65. The number of fused-ring (bicyclic) bond motifs is 3. The Hall–Kier alpha value is -3.97. The van der Waals surface area contributed by atoms with E-state index in [1.54, 1.807) is 49.4 Å². The summed E-state index contributed by atoms with van der Waals surface area (Å²) in [7, 11) is 1.44. The van der Waals surface area contributed by atoms with E-state index < -0.39 is 23.7 Å². The van der Waals surface area contributed by atoms with Crippen LogP contribution in [0.25, 0.3) is 0 Å². The molecular formula is C30H24ClNO6. The lowest BCUT2D eigenvalue weighted by Crippen LogP contribution is -2.39. The summed E-state index contributed by atoms with van der Waals surface area (Å²) < 4.78 is 5.33. The molecular weight excluding hydrogens is 506 g/mol. The number of para-hydroxylation sites is 1. The molecule has 1 aliphatic heterocycles. The molecule has 0 saturated carbocycles. The number of allylic oxidation sites excluding steroid dienone is 6. The van der Waals surface area contributed by atoms with Gasteiger partial charge in [0, 0.05) is 33.2 Å². The van der Waals surface area contributed by atoms with Crippen LogP contribution >= 0.6 is 11.6 Å². The molecule has 6 rings (SSSR count). The Morgan fingerprint density at radius 3 is 2.45 bits per heavy atom. The van der Waals surface area contributed by atoms with E-state index >= 15 is 0 Å². The minimum atomic E-state index is -0.743. The summed E-state index contributed by atoms with van der Waals surface area (Å²) in [5.74, 6) is -3.56. The third-order valence-electron chi connectivity index (χ3n) is 8.21. The van der Waals surface area contributed by atoms with Crippen LogP contribution in [-0.2, 0) is 19.2 Å². The minimum Gasteiger partial charge on any atom is -0.504 e. The summed E-state index contributed by atoms with van der Waals surface area (Å²) in [4.78, 5) is 55.3. The second-order valence-corrected chi connectivity index (χ2v) is 10.6. The topological polar surface area (TPSA) is 101 Å². The summed E-state index contributed by atoms with van der Waals surface area (Å²) in [5, 5.41) is 11.6. The van der Waals surface area contributed by atoms with Crippen molar-refractivity contribution in [2.24, 2.45) is 17.8 Å². The Balaban J connectivity index is 1.51. The number of halogens is 1. The number of ketones is 2. The number of imide groups is 1. The number of aromatic hydroxyl groups is 1. The van der Waals surface area contributed by atoms with Crippen LogP contribution < -0.4 is 9.64 Å². The van der Waals surface area contributed by atoms with Gasteiger partial charge >= 0.3 is 0 Å². The molecule has 4 aliphatic rings. The average molecular weight is 530 g/mol. The highest BCUT2D eigenvalue weighted by molar-refractivity contribution is 6.31. The number of carbonyl (C=O) groups is 4. The predicted molar refractivity (Wildman–Crippen MR) is 140 cm³/mol. The van der Waals surface area contributed by atoms with Crippen LogP contribution in [0.15, 0.2) is 76.9 Å². The molecule has 192 valence electrons. The molecule has 1 saturated heterocycles. The van der Waals surface area contributed by atoms with Gasteiger partial charge in [0.1, 0.15) is 0 Å². The van der Waals surface area contributed by atoms with Crippen LogP contribution in [0.4, 0.5) is 5.69 Å². The molecule has 0 aromatic heterocycles. The molecule has 0 bridgehead atoms. The zero-order valence-electron chi connectivity index (χ0n) is 20.7. The van der Waals surface area contributed by atoms with Crippen molar-refractivity contribution in [3.63, 3.8) is 0 Å². The molecule has 0 unspecified atom stereocenters. The van der Waals surface area contributed by atoms with Crippen molar-refractivity contribution < 1.29 is 29.0 Å². The van der Waals surface area contributed by atoms with Crippen molar-refractivity contribution in [1.29, 1.82) is 0 Å². The highest BCUT2D eigenvalue weighted by Crippen LogP contribution is 2.57. The Bertz CT molecular complexity index is 1530. The fraction of sp³-hybridized carbons (Fsp3) is 0.267. The summed E-state index contributed by atoms with van der Waals surface area (Å²) in [6.07, 6.45) is 3.73. The average Bonchev–Trinajstić information content (AvgIpc) is 3.16. The van der Waals surface area contributed by atoms with Crippen molar-refractivity contribution in [2.45, 2.75) is 25.7 Å². The predicted octanol–water partition coefficient (Wildman–Crippen LogP) is 4.69. The van der Waals surface area contributed by atoms with Crippen molar-refractivity contribution in [3.05, 3.63) is 87.5 Å². The van der Waals surface area contributed by atoms with Crippen LogP contribution in [0.3, 0.4) is 0 Å². The third kappa shape index (κ3) is 3.42. The largest absolute Gasteiger partial charge is 0.504 e. The van der Waals surface area contributed by atoms with Crippen molar-refractivity contribution in [3.8, 4) is 11.5 Å². The van der Waals surface area contributed by atoms with Crippen LogP contribution in [0.2, 0.25) is 5.02 Å². The number of amides is 2. The van der Waals surface area contributed by atoms with E-state index in [0.717, 1.165) is 5.57 Å². The number of Topliss-reactive ketones (excluding diaryl/α,β-unsaturated/α-hetero) is 1. The standard InChI is InChI=1S/C30H24ClNO6/c1-14-12-22(33)21-13-20-17(24(26(21)27(14)34)18-4-3-5-23(38-2)28(18)35)10-11-19-25(20)30(37)32(29(19)36)16-8-6-15(31)7-9-16/h3-10,12,19-20,24-25,35H,11,13H2,1-2H3/t19-,20+,24+,25-/m0/s1. The highest BCUT2D eigenvalue weighted by Gasteiger charge is 2.56. The van der Waals surface area contributed by atoms with Gasteiger partial charge in [-0.15, -0.1) is 0 Å². The van der Waals surface area contributed by atoms with Gasteiger partial charge in [0.25, 0.3) is 0 Å². The summed E-state index contributed by atoms with van der Waals surface area (Å²) in [6, 6.07) is 11.6. The van der Waals surface area contributed by atoms with E-state index in [4.69, 9.17) is 16.3 Å². The maximum Gasteiger partial charge on any atom is 0.238 e. The number of phenolic OH excluding ortho intramolecular Hbond substituents is 1. The Morgan fingerprint density at radius 2 is 1.74 bits per heavy atom. The van der Waals surface area contributed by atoms with Crippen molar-refractivity contribution in [1.82, 2.24) is 0 Å². The number of rotatable bonds is 3. The van der Waals surface area contributed by atoms with Gasteiger partial charge in [0.2, 0.25) is 11.8 Å². The summed E-state index contributed by atoms with van der Waals surface area (Å²) >= 11 is 6.02. The number of hydrogen-bond donors (Lipinski definition) is 1. The maximum absolute atomic E-state index is 13.9. The van der Waals surface area contributed by atoms with Gasteiger partial charge < -0.3 is 9.84 Å². The lowest BCUT2D eigenvalue weighted by atomic mass is 9.59. The molecule has 4 atom stereocenters. The number of carbonyl (C=O) groups excluding carboxylic acids is 4. The molecule has 7 nitrogen and oxygen atoms in total. The van der Waals surface area contributed by atoms with E-state index in [0.29, 0.717) is 39.4 Å². The summed E-state index contributed by atoms with van der Waals surface area (Å²) in [5.41, 5.74) is 2.62. The number of ether oxygens (including phenoxy) is 1. The quantitative estimate of drug-likeness (QED) is 0.352. The zero-order valence-corrected chi connectivity index (χ0v) is 21.5. The number of methoxy groups -OCH3 is 1. The molecule has 2 aromatic carbocycles. The number of hydrogen-bond acceptors (Lipinski definition) is 6. The molecule has 1 N–H and O–H groups in total. The zero-order chi connectivity index (χ0) is 26.9. The van der Waals surface area contributed by atoms with Gasteiger partial charge in [-0.3, -0.25) is 24.1 Å². The first-order valence-electron chi connectivity index (χ1n) is 12.4. The molecule has 0 spiro atoms. The number of benzene rings is 2. The smallest absolute Gasteiger partial charge is 0.238 e. The lowest BCUT2D eigenvalue weighted by molar-refractivity contribution is -0.123. The normalized spacial score (nSPS) is 26.6. The highest BCUT2D eigenvalue weighted by atomic mass is 35.5. The van der Waals surface area contributed by atoms with Gasteiger partial charge in [-0.05, 0) is 62.1 Å². The van der Waals surface area contributed by atoms with E-state index in [9.17, 15) is 24.3 Å². The monoisotopic (exact) mass is 529 g/mol. The van der Waals surface area contributed by atoms with E-state index in [1.807, 2.05) is 6.08 Å². The molecule has 8 heteroatoms. The van der Waals surface area contributed by atoms with E-state index in [2.05, 4.69) is 0 Å². The van der Waals surface area contributed by atoms with Gasteiger partial charge in [-0.2, -0.15) is 0 Å². The van der Waals surface area contributed by atoms with Gasteiger partial charge in [0.05, 0.1) is 24.6 Å². The number of nitrogens with zero attached hydrogens (tertiary/aromatic N) is 1. The van der Waals surface area contributed by atoms with E-state index in [1.165, 1.54) is 18.1 Å². The molecule has 1 heterocycles. The second-order valence-electron chi connectivity index (χ2n) is 10.1. The fourth-order valence-electron chi connectivity index (χ4n) is 6.50. The number of phenols is 1. The van der Waals surface area contributed by atoms with E-state index in [-0.39, 0.29) is 41.3 Å². The molecule has 38 heavy (non-hydrogen) atoms. The van der Waals surface area contributed by atoms with Crippen LogP contribution in [0, 0.1) is 17.8 Å². The first-order valence-corrected chi connectivity index (χ1v) is 12.8. The first-order chi connectivity index (χ1) is 18.2. The Labute approximate surface area is 224 Å². The molecule has 1 fully saturated rings. The fourth-order valence-corrected chi connectivity index (χ4v) is 6.62. The van der Waals surface area contributed by atoms with Crippen molar-refractivity contribution in [2.75, 3.05) is 12.0 Å². The molecule has 0 radical (unpaired) electrons. The van der Waals surface area contributed by atoms with Gasteiger partial charge in [-0.1, -0.05) is 35.4 Å². The second kappa shape index (κ2) is 8.81. The van der Waals surface area contributed by atoms with Gasteiger partial charge in [0.15, 0.2) is 23.1 Å². The SMILES string of the molecule is COc1cccc([C@H]2C3=CC[C@@H]4C(=O)N(c5ccc(Cl)cc5)C(=O)[C@@H]4[C@@H]3CC3=C2C(=O)C(C)=CC3=O)c1O. The van der Waals surface area contributed by atoms with Crippen LogP contribution in [-0.4, -0.2) is 35.6 Å². The molecule has 3 aliphatic carbocycles. The maximum atomic E-state index is 13.9. The van der Waals surface area contributed by atoms with Crippen LogP contribution in [0.1, 0.15) is 31.2 Å². The Morgan fingerprint density at radius 1 is 1.00 bits per heavy atom. The minimum absolute atomic E-state index is 0.125. The summed E-state index contributed by atoms with van der Waals surface area (Å²) in [6.45, 7) is 1.60. The number of anilines is 1. The third-order valence-corrected chi connectivity index (χ3v) is 8.46. The van der Waals surface area contributed by atoms with Crippen LogP contribution in [0.5, 0.6) is 11.5 Å². The molecule has 2 amide bonds. The van der Waals surface area contributed by atoms with Gasteiger partial charge in [-0.25, -0.2) is 0 Å².